The number of esters is 1. The number of hydrogen-bond acceptors (Lipinski definition) is 8. The number of thiazole rings is 1. The van der Waals surface area contributed by atoms with E-state index in [1.807, 2.05) is 24.3 Å². The van der Waals surface area contributed by atoms with Crippen LogP contribution in [0.1, 0.15) is 16.0 Å². The second-order valence-electron chi connectivity index (χ2n) is 7.00. The molecule has 0 fully saturated rings. The Morgan fingerprint density at radius 1 is 1.09 bits per heavy atom. The third-order valence-electron chi connectivity index (χ3n) is 4.64. The molecule has 3 aromatic rings. The van der Waals surface area contributed by atoms with Crippen molar-refractivity contribution in [2.24, 2.45) is 5.73 Å². The van der Waals surface area contributed by atoms with Gasteiger partial charge < -0.3 is 25.4 Å². The first-order valence-electron chi connectivity index (χ1n) is 9.59. The van der Waals surface area contributed by atoms with Gasteiger partial charge >= 0.3 is 11.9 Å². The summed E-state index contributed by atoms with van der Waals surface area (Å²) in [5.41, 5.74) is 7.58. The fourth-order valence-electron chi connectivity index (χ4n) is 3.01. The van der Waals surface area contributed by atoms with Crippen LogP contribution >= 0.6 is 23.6 Å². The van der Waals surface area contributed by atoms with Gasteiger partial charge in [0.1, 0.15) is 24.1 Å². The number of ether oxygens (including phenoxy) is 2. The van der Waals surface area contributed by atoms with Crippen LogP contribution in [0.25, 0.3) is 0 Å². The molecule has 3 rings (SSSR count). The molecule has 10 heteroatoms. The number of rotatable bonds is 9. The third-order valence-corrected chi connectivity index (χ3v) is 6.07. The average Bonchev–Trinajstić information content (AvgIpc) is 3.02. The second-order valence-corrected chi connectivity index (χ2v) is 8.72. The summed E-state index contributed by atoms with van der Waals surface area (Å²) in [6.07, 6.45) is 0.790. The molecule has 0 bridgehead atoms. The monoisotopic (exact) mass is 474 g/mol. The molecule has 8 nitrogen and oxygen atoms in total. The highest BCUT2D eigenvalue weighted by Crippen LogP contribution is 2.29. The predicted octanol–water partition coefficient (Wildman–Crippen LogP) is 3.50. The fraction of sp³-hybridized carbons (Fsp3) is 0.227. The van der Waals surface area contributed by atoms with Gasteiger partial charge in [0, 0.05) is 6.42 Å². The minimum Gasteiger partial charge on any atom is -0.494 e. The Labute approximate surface area is 193 Å². The zero-order valence-electron chi connectivity index (χ0n) is 17.2. The molecule has 2 aromatic carbocycles. The number of carbonyl (C=O) groups is 2. The number of carboxylic acids is 1. The highest BCUT2D eigenvalue weighted by Gasteiger charge is 2.15. The summed E-state index contributed by atoms with van der Waals surface area (Å²) in [4.78, 5) is 23.0. The summed E-state index contributed by atoms with van der Waals surface area (Å²) in [7, 11) is 1.31. The van der Waals surface area contributed by atoms with Gasteiger partial charge in [-0.25, -0.2) is 0 Å². The van der Waals surface area contributed by atoms with E-state index in [1.165, 1.54) is 23.0 Å². The van der Waals surface area contributed by atoms with Crippen LogP contribution in [-0.4, -0.2) is 39.9 Å². The lowest BCUT2D eigenvalue weighted by atomic mass is 10.1. The molecular formula is C22H22N2O6S2. The molecule has 0 radical (unpaired) electrons. The normalized spacial score (nSPS) is 11.7. The first kappa shape index (κ1) is 23.5. The Kier molecular flexibility index (Phi) is 7.62. The molecule has 0 aliphatic heterocycles. The number of aliphatic carboxylic acids is 1. The molecule has 1 atom stereocenters. The van der Waals surface area contributed by atoms with E-state index in [2.05, 4.69) is 4.74 Å². The van der Waals surface area contributed by atoms with Crippen molar-refractivity contribution in [2.75, 3.05) is 7.11 Å². The average molecular weight is 475 g/mol. The Hall–Kier alpha value is -3.21. The molecule has 0 aliphatic carbocycles. The van der Waals surface area contributed by atoms with Crippen LogP contribution in [0.15, 0.2) is 48.5 Å². The number of carbonyl (C=O) groups excluding carboxylic acids is 1. The maximum atomic E-state index is 11.4. The zero-order valence-corrected chi connectivity index (χ0v) is 18.8. The van der Waals surface area contributed by atoms with Gasteiger partial charge in [0.2, 0.25) is 5.88 Å². The molecule has 168 valence electrons. The first-order chi connectivity index (χ1) is 15.3. The summed E-state index contributed by atoms with van der Waals surface area (Å²) < 4.78 is 12.0. The number of aromatic hydroxyl groups is 1. The quantitative estimate of drug-likeness (QED) is 0.318. The molecule has 0 amide bonds. The summed E-state index contributed by atoms with van der Waals surface area (Å²) >= 11 is 6.34. The van der Waals surface area contributed by atoms with Crippen LogP contribution in [0.4, 0.5) is 0 Å². The second kappa shape index (κ2) is 10.4. The van der Waals surface area contributed by atoms with E-state index in [1.54, 1.807) is 24.3 Å². The van der Waals surface area contributed by atoms with Crippen LogP contribution in [-0.2, 0) is 33.7 Å². The molecule has 0 saturated heterocycles. The van der Waals surface area contributed by atoms with Gasteiger partial charge in [-0.1, -0.05) is 24.3 Å². The lowest BCUT2D eigenvalue weighted by molar-refractivity contribution is -0.142. The number of aromatic nitrogens is 1. The number of hydrogen-bond donors (Lipinski definition) is 3. The van der Waals surface area contributed by atoms with E-state index in [0.29, 0.717) is 33.2 Å². The maximum Gasteiger partial charge on any atom is 0.323 e. The van der Waals surface area contributed by atoms with Gasteiger partial charge in [0.05, 0.1) is 12.0 Å². The van der Waals surface area contributed by atoms with Gasteiger partial charge in [0.25, 0.3) is 0 Å². The van der Waals surface area contributed by atoms with E-state index < -0.39 is 18.0 Å². The van der Waals surface area contributed by atoms with Crippen LogP contribution in [0.3, 0.4) is 0 Å². The van der Waals surface area contributed by atoms with Crippen molar-refractivity contribution in [3.63, 3.8) is 0 Å². The SMILES string of the molecule is COC(=O)[C@@H](N)Cc1ccc(Oc2ccc(Cc3sc(=S)n(CC(=O)O)c3O)cc2)cc1. The van der Waals surface area contributed by atoms with Crippen molar-refractivity contribution in [2.45, 2.75) is 25.4 Å². The summed E-state index contributed by atoms with van der Waals surface area (Å²) in [6, 6.07) is 13.9. The van der Waals surface area contributed by atoms with E-state index in [9.17, 15) is 14.7 Å². The topological polar surface area (TPSA) is 124 Å². The smallest absolute Gasteiger partial charge is 0.323 e. The van der Waals surface area contributed by atoms with E-state index in [0.717, 1.165) is 11.1 Å². The van der Waals surface area contributed by atoms with Crippen molar-refractivity contribution in [3.8, 4) is 17.4 Å². The van der Waals surface area contributed by atoms with Crippen LogP contribution in [0, 0.1) is 3.95 Å². The lowest BCUT2D eigenvalue weighted by Gasteiger charge is -2.10. The number of benzene rings is 2. The Bertz CT molecular complexity index is 1150. The van der Waals surface area contributed by atoms with Gasteiger partial charge in [-0.05, 0) is 54.0 Å². The summed E-state index contributed by atoms with van der Waals surface area (Å²) in [5.74, 6) is -0.374. The molecule has 4 N–H and O–H groups in total. The summed E-state index contributed by atoms with van der Waals surface area (Å²) in [6.45, 7) is -0.374. The van der Waals surface area contributed by atoms with Gasteiger partial charge in [-0.15, -0.1) is 11.3 Å². The number of nitrogens with two attached hydrogens (primary N) is 1. The number of carboxylic acid groups (broad SMARTS) is 1. The van der Waals surface area contributed by atoms with Crippen molar-refractivity contribution in [3.05, 3.63) is 68.5 Å². The molecule has 1 heterocycles. The van der Waals surface area contributed by atoms with Crippen LogP contribution in [0.2, 0.25) is 0 Å². The van der Waals surface area contributed by atoms with Gasteiger partial charge in [-0.2, -0.15) is 0 Å². The van der Waals surface area contributed by atoms with Crippen molar-refractivity contribution in [1.29, 1.82) is 0 Å². The van der Waals surface area contributed by atoms with Crippen LogP contribution < -0.4 is 10.5 Å². The molecular weight excluding hydrogens is 452 g/mol. The highest BCUT2D eigenvalue weighted by molar-refractivity contribution is 7.73. The fourth-order valence-corrected chi connectivity index (χ4v) is 4.38. The third kappa shape index (κ3) is 5.94. The van der Waals surface area contributed by atoms with Crippen molar-refractivity contribution >= 4 is 35.5 Å². The Morgan fingerprint density at radius 2 is 1.66 bits per heavy atom. The van der Waals surface area contributed by atoms with Gasteiger partial charge in [-0.3, -0.25) is 14.2 Å². The number of methoxy groups -OCH3 is 1. The molecule has 1 aromatic heterocycles. The molecule has 32 heavy (non-hydrogen) atoms. The minimum absolute atomic E-state index is 0.116. The number of nitrogens with zero attached hydrogens (tertiary/aromatic N) is 1. The van der Waals surface area contributed by atoms with E-state index >= 15 is 0 Å². The molecule has 0 spiro atoms. The van der Waals surface area contributed by atoms with Gasteiger partial charge in [0.15, 0.2) is 3.95 Å². The lowest BCUT2D eigenvalue weighted by Crippen LogP contribution is -2.33. The van der Waals surface area contributed by atoms with Crippen molar-refractivity contribution < 1.29 is 29.3 Å². The minimum atomic E-state index is -1.07. The van der Waals surface area contributed by atoms with E-state index in [4.69, 9.17) is 27.8 Å². The largest absolute Gasteiger partial charge is 0.494 e. The maximum absolute atomic E-state index is 11.4. The summed E-state index contributed by atoms with van der Waals surface area (Å²) in [5, 5.41) is 19.2. The zero-order chi connectivity index (χ0) is 23.3. The first-order valence-corrected chi connectivity index (χ1v) is 10.8. The highest BCUT2D eigenvalue weighted by atomic mass is 32.1. The molecule has 0 saturated carbocycles. The Morgan fingerprint density at radius 3 is 2.19 bits per heavy atom. The van der Waals surface area contributed by atoms with Crippen molar-refractivity contribution in [1.82, 2.24) is 4.57 Å². The predicted molar refractivity (Wildman–Crippen MR) is 122 cm³/mol. The standard InChI is InChI=1S/C22H22N2O6S2/c1-29-21(28)17(23)10-13-2-6-15(7-3-13)30-16-8-4-14(5-9-16)11-18-20(27)24(12-19(25)26)22(31)32-18/h2-9,17,27H,10-12,23H2,1H3,(H,25,26)/t17-/m0/s1. The molecule has 0 unspecified atom stereocenters. The van der Waals surface area contributed by atoms with E-state index in [-0.39, 0.29) is 12.4 Å². The molecule has 0 aliphatic rings. The Balaban J connectivity index is 1.62. The van der Waals surface area contributed by atoms with Crippen LogP contribution in [0.5, 0.6) is 17.4 Å².